The van der Waals surface area contributed by atoms with Gasteiger partial charge in [0.1, 0.15) is 11.5 Å². The van der Waals surface area contributed by atoms with Gasteiger partial charge in [-0.05, 0) is 61.2 Å². The zero-order valence-corrected chi connectivity index (χ0v) is 15.7. The highest BCUT2D eigenvalue weighted by Crippen LogP contribution is 2.20. The van der Waals surface area contributed by atoms with Crippen LogP contribution in [0.15, 0.2) is 42.5 Å². The maximum Gasteiger partial charge on any atom is 0.263 e. The highest BCUT2D eigenvalue weighted by Gasteiger charge is 2.22. The first-order valence-electron chi connectivity index (χ1n) is 8.56. The Labute approximate surface area is 150 Å². The van der Waals surface area contributed by atoms with E-state index in [0.29, 0.717) is 13.0 Å². The molecule has 0 aliphatic heterocycles. The summed E-state index contributed by atoms with van der Waals surface area (Å²) in [6.07, 6.45) is 0.143. The zero-order chi connectivity index (χ0) is 18.4. The minimum Gasteiger partial charge on any atom is -0.497 e. The van der Waals surface area contributed by atoms with Gasteiger partial charge in [-0.1, -0.05) is 25.1 Å². The maximum absolute atomic E-state index is 12.7. The van der Waals surface area contributed by atoms with Gasteiger partial charge in [0.05, 0.1) is 7.11 Å². The second kappa shape index (κ2) is 8.56. The molecule has 0 N–H and O–H groups in total. The SMILES string of the molecule is CC[C@@H](Oc1ccc(C)c(C)c1)C(=O)N(C)Cc1ccc(OC)cc1. The average molecular weight is 341 g/mol. The highest BCUT2D eigenvalue weighted by molar-refractivity contribution is 5.81. The fourth-order valence-electron chi connectivity index (χ4n) is 2.59. The van der Waals surface area contributed by atoms with Gasteiger partial charge in [-0.15, -0.1) is 0 Å². The Kier molecular flexibility index (Phi) is 6.45. The van der Waals surface area contributed by atoms with Crippen molar-refractivity contribution in [1.29, 1.82) is 0 Å². The van der Waals surface area contributed by atoms with E-state index in [-0.39, 0.29) is 5.91 Å². The van der Waals surface area contributed by atoms with Crippen LogP contribution in [0.1, 0.15) is 30.0 Å². The molecule has 4 nitrogen and oxygen atoms in total. The van der Waals surface area contributed by atoms with Crippen LogP contribution >= 0.6 is 0 Å². The van der Waals surface area contributed by atoms with E-state index in [1.165, 1.54) is 5.56 Å². The zero-order valence-electron chi connectivity index (χ0n) is 15.7. The van der Waals surface area contributed by atoms with E-state index in [4.69, 9.17) is 9.47 Å². The number of hydrogen-bond donors (Lipinski definition) is 0. The van der Waals surface area contributed by atoms with Crippen molar-refractivity contribution >= 4 is 5.91 Å². The maximum atomic E-state index is 12.7. The standard InChI is InChI=1S/C21H27NO3/c1-6-20(25-19-10-7-15(2)16(3)13-19)21(23)22(4)14-17-8-11-18(24-5)12-9-17/h7-13,20H,6,14H2,1-5H3/t20-/m1/s1. The van der Waals surface area contributed by atoms with E-state index in [0.717, 1.165) is 22.6 Å². The molecule has 0 aliphatic rings. The van der Waals surface area contributed by atoms with Crippen LogP contribution in [0.4, 0.5) is 0 Å². The molecule has 1 amide bonds. The third-order valence-electron chi connectivity index (χ3n) is 4.36. The molecule has 2 rings (SSSR count). The van der Waals surface area contributed by atoms with Gasteiger partial charge in [0, 0.05) is 13.6 Å². The Morgan fingerprint density at radius 2 is 1.68 bits per heavy atom. The Morgan fingerprint density at radius 3 is 2.24 bits per heavy atom. The second-order valence-corrected chi connectivity index (χ2v) is 6.30. The average Bonchev–Trinajstić information content (AvgIpc) is 2.62. The van der Waals surface area contributed by atoms with Gasteiger partial charge in [0.2, 0.25) is 0 Å². The summed E-state index contributed by atoms with van der Waals surface area (Å²) in [7, 11) is 3.44. The van der Waals surface area contributed by atoms with Gasteiger partial charge in [-0.3, -0.25) is 4.79 Å². The first kappa shape index (κ1) is 18.8. The third kappa shape index (κ3) is 4.99. The number of carbonyl (C=O) groups excluding carboxylic acids is 1. The number of carbonyl (C=O) groups is 1. The number of likely N-dealkylation sites (N-methyl/N-ethyl adjacent to an activating group) is 1. The van der Waals surface area contributed by atoms with E-state index in [9.17, 15) is 4.79 Å². The third-order valence-corrected chi connectivity index (χ3v) is 4.36. The Hall–Kier alpha value is -2.49. The number of methoxy groups -OCH3 is 1. The largest absolute Gasteiger partial charge is 0.497 e. The Balaban J connectivity index is 2.02. The molecule has 0 radical (unpaired) electrons. The molecule has 0 unspecified atom stereocenters. The fraction of sp³-hybridized carbons (Fsp3) is 0.381. The van der Waals surface area contributed by atoms with Crippen LogP contribution < -0.4 is 9.47 Å². The number of amides is 1. The van der Waals surface area contributed by atoms with Crippen LogP contribution in [0.5, 0.6) is 11.5 Å². The van der Waals surface area contributed by atoms with Crippen LogP contribution in [0, 0.1) is 13.8 Å². The number of ether oxygens (including phenoxy) is 2. The fourth-order valence-corrected chi connectivity index (χ4v) is 2.59. The predicted octanol–water partition coefficient (Wildman–Crippen LogP) is 4.13. The van der Waals surface area contributed by atoms with Crippen molar-refractivity contribution in [3.05, 3.63) is 59.2 Å². The van der Waals surface area contributed by atoms with Crippen molar-refractivity contribution in [3.8, 4) is 11.5 Å². The Morgan fingerprint density at radius 1 is 1.04 bits per heavy atom. The minimum atomic E-state index is -0.481. The lowest BCUT2D eigenvalue weighted by molar-refractivity contribution is -0.138. The lowest BCUT2D eigenvalue weighted by Gasteiger charge is -2.24. The number of hydrogen-bond acceptors (Lipinski definition) is 3. The summed E-state index contributed by atoms with van der Waals surface area (Å²) in [6.45, 7) is 6.60. The molecule has 0 spiro atoms. The molecule has 0 saturated heterocycles. The Bertz CT molecular complexity index is 710. The summed E-state index contributed by atoms with van der Waals surface area (Å²) < 4.78 is 11.1. The highest BCUT2D eigenvalue weighted by atomic mass is 16.5. The van der Waals surface area contributed by atoms with Crippen molar-refractivity contribution in [3.63, 3.8) is 0 Å². The first-order valence-corrected chi connectivity index (χ1v) is 8.56. The summed E-state index contributed by atoms with van der Waals surface area (Å²) in [6, 6.07) is 13.6. The molecule has 1 atom stereocenters. The van der Waals surface area contributed by atoms with Gasteiger partial charge in [-0.2, -0.15) is 0 Å². The topological polar surface area (TPSA) is 38.8 Å². The number of nitrogens with zero attached hydrogens (tertiary/aromatic N) is 1. The van der Waals surface area contributed by atoms with Gasteiger partial charge in [-0.25, -0.2) is 0 Å². The summed E-state index contributed by atoms with van der Waals surface area (Å²) >= 11 is 0. The molecule has 0 aromatic heterocycles. The van der Waals surface area contributed by atoms with Crippen molar-refractivity contribution in [2.75, 3.05) is 14.2 Å². The molecule has 2 aromatic carbocycles. The van der Waals surface area contributed by atoms with E-state index >= 15 is 0 Å². The summed E-state index contributed by atoms with van der Waals surface area (Å²) in [4.78, 5) is 14.4. The number of benzene rings is 2. The van der Waals surface area contributed by atoms with E-state index in [1.807, 2.05) is 56.3 Å². The molecule has 2 aromatic rings. The molecule has 25 heavy (non-hydrogen) atoms. The lowest BCUT2D eigenvalue weighted by atomic mass is 10.1. The molecule has 0 bridgehead atoms. The van der Waals surface area contributed by atoms with E-state index in [2.05, 4.69) is 6.92 Å². The van der Waals surface area contributed by atoms with Crippen molar-refractivity contribution < 1.29 is 14.3 Å². The normalized spacial score (nSPS) is 11.7. The molecule has 0 aliphatic carbocycles. The minimum absolute atomic E-state index is 0.0171. The van der Waals surface area contributed by atoms with Crippen molar-refractivity contribution in [2.45, 2.75) is 39.8 Å². The van der Waals surface area contributed by atoms with Gasteiger partial charge in [0.15, 0.2) is 6.10 Å². The van der Waals surface area contributed by atoms with E-state index in [1.54, 1.807) is 19.1 Å². The van der Waals surface area contributed by atoms with Crippen molar-refractivity contribution in [2.24, 2.45) is 0 Å². The monoisotopic (exact) mass is 341 g/mol. The van der Waals surface area contributed by atoms with Crippen LogP contribution in [0.3, 0.4) is 0 Å². The molecule has 0 fully saturated rings. The molecular formula is C21H27NO3. The quantitative estimate of drug-likeness (QED) is 0.760. The summed E-state index contributed by atoms with van der Waals surface area (Å²) in [5.74, 6) is 1.53. The number of rotatable bonds is 7. The van der Waals surface area contributed by atoms with Crippen LogP contribution in [-0.4, -0.2) is 31.1 Å². The molecule has 0 saturated carbocycles. The van der Waals surface area contributed by atoms with Crippen LogP contribution in [0.2, 0.25) is 0 Å². The van der Waals surface area contributed by atoms with Crippen molar-refractivity contribution in [1.82, 2.24) is 4.90 Å². The van der Waals surface area contributed by atoms with Gasteiger partial charge >= 0.3 is 0 Å². The predicted molar refractivity (Wildman–Crippen MR) is 100 cm³/mol. The molecule has 134 valence electrons. The first-order chi connectivity index (χ1) is 11.9. The molecule has 0 heterocycles. The summed E-state index contributed by atoms with van der Waals surface area (Å²) in [5, 5.41) is 0. The van der Waals surface area contributed by atoms with Gasteiger partial charge in [0.25, 0.3) is 5.91 Å². The second-order valence-electron chi connectivity index (χ2n) is 6.30. The van der Waals surface area contributed by atoms with Crippen LogP contribution in [0.25, 0.3) is 0 Å². The number of aryl methyl sites for hydroxylation is 2. The lowest BCUT2D eigenvalue weighted by Crippen LogP contribution is -2.39. The molecule has 4 heteroatoms. The summed E-state index contributed by atoms with van der Waals surface area (Å²) in [5.41, 5.74) is 3.42. The van der Waals surface area contributed by atoms with E-state index < -0.39 is 6.10 Å². The molecular weight excluding hydrogens is 314 g/mol. The van der Waals surface area contributed by atoms with Crippen LogP contribution in [-0.2, 0) is 11.3 Å². The smallest absolute Gasteiger partial charge is 0.263 e. The van der Waals surface area contributed by atoms with Gasteiger partial charge < -0.3 is 14.4 Å².